The number of carbonyl (C=O) groups excluding carboxylic acids is 1. The number of rotatable bonds is 7. The Balaban J connectivity index is 1.49. The Kier molecular flexibility index (Phi) is 6.43. The second-order valence-electron chi connectivity index (χ2n) is 6.69. The van der Waals surface area contributed by atoms with E-state index in [1.165, 1.54) is 29.2 Å². The van der Waals surface area contributed by atoms with Gasteiger partial charge in [0.1, 0.15) is 5.82 Å². The van der Waals surface area contributed by atoms with Gasteiger partial charge in [-0.05, 0) is 30.2 Å². The van der Waals surface area contributed by atoms with Gasteiger partial charge in [-0.1, -0.05) is 49.0 Å². The molecule has 4 rings (SSSR count). The van der Waals surface area contributed by atoms with Gasteiger partial charge in [0.25, 0.3) is 0 Å². The van der Waals surface area contributed by atoms with Gasteiger partial charge in [0, 0.05) is 18.1 Å². The number of aromatic nitrogens is 4. The smallest absolute Gasteiger partial charge is 0.230 e. The Morgan fingerprint density at radius 3 is 2.71 bits per heavy atom. The monoisotopic (exact) mass is 453 g/mol. The van der Waals surface area contributed by atoms with E-state index in [1.54, 1.807) is 30.0 Å². The number of aromatic amines is 1. The van der Waals surface area contributed by atoms with Crippen molar-refractivity contribution in [1.29, 1.82) is 0 Å². The van der Waals surface area contributed by atoms with Gasteiger partial charge >= 0.3 is 0 Å². The van der Waals surface area contributed by atoms with E-state index >= 15 is 0 Å². The lowest BCUT2D eigenvalue weighted by molar-refractivity contribution is -0.115. The van der Waals surface area contributed by atoms with Crippen LogP contribution >= 0.6 is 23.1 Å². The fourth-order valence-electron chi connectivity index (χ4n) is 3.12. The Morgan fingerprint density at radius 2 is 1.94 bits per heavy atom. The molecule has 1 N–H and O–H groups in total. The summed E-state index contributed by atoms with van der Waals surface area (Å²) in [6, 6.07) is 14.3. The van der Waals surface area contributed by atoms with Crippen molar-refractivity contribution in [2.45, 2.75) is 31.2 Å². The summed E-state index contributed by atoms with van der Waals surface area (Å²) in [7, 11) is 0. The standard InChI is InChI=1S/C22H20FN5OS2/c1-3-15-8-4-7-11-19(15)28(14(2)29)22-24-16(13-31-22)12-30-21-25-20(26-27-21)17-9-5-6-10-18(17)23/h4-11,13H,3,12H2,1-2H3,(H,25,26,27). The Bertz CT molecular complexity index is 1210. The fraction of sp³-hybridized carbons (Fsp3) is 0.182. The van der Waals surface area contributed by atoms with Crippen molar-refractivity contribution in [3.05, 3.63) is 71.0 Å². The maximum absolute atomic E-state index is 13.9. The number of hydrogen-bond acceptors (Lipinski definition) is 6. The van der Waals surface area contributed by atoms with Crippen molar-refractivity contribution in [3.8, 4) is 11.4 Å². The lowest BCUT2D eigenvalue weighted by Gasteiger charge is -2.20. The molecule has 0 aliphatic carbocycles. The molecule has 0 aliphatic heterocycles. The number of thioether (sulfide) groups is 1. The van der Waals surface area contributed by atoms with Crippen LogP contribution in [-0.4, -0.2) is 26.1 Å². The first-order valence-electron chi connectivity index (χ1n) is 9.70. The first kappa shape index (κ1) is 21.2. The number of benzene rings is 2. The van der Waals surface area contributed by atoms with Crippen molar-refractivity contribution in [1.82, 2.24) is 20.2 Å². The minimum absolute atomic E-state index is 0.0852. The van der Waals surface area contributed by atoms with E-state index < -0.39 is 0 Å². The lowest BCUT2D eigenvalue weighted by Crippen LogP contribution is -2.23. The maximum Gasteiger partial charge on any atom is 0.230 e. The van der Waals surface area contributed by atoms with E-state index in [0.29, 0.717) is 27.4 Å². The molecule has 9 heteroatoms. The van der Waals surface area contributed by atoms with Crippen molar-refractivity contribution < 1.29 is 9.18 Å². The predicted octanol–water partition coefficient (Wildman–Crippen LogP) is 5.61. The highest BCUT2D eigenvalue weighted by molar-refractivity contribution is 7.98. The summed E-state index contributed by atoms with van der Waals surface area (Å²) in [4.78, 5) is 23.1. The van der Waals surface area contributed by atoms with Gasteiger partial charge in [-0.2, -0.15) is 0 Å². The van der Waals surface area contributed by atoms with Gasteiger partial charge in [0.2, 0.25) is 11.1 Å². The van der Waals surface area contributed by atoms with Crippen molar-refractivity contribution in [2.24, 2.45) is 0 Å². The average Bonchev–Trinajstić information content (AvgIpc) is 3.43. The van der Waals surface area contributed by atoms with E-state index in [2.05, 4.69) is 27.1 Å². The molecule has 2 aromatic heterocycles. The average molecular weight is 454 g/mol. The minimum Gasteiger partial charge on any atom is -0.274 e. The molecule has 0 aliphatic rings. The molecule has 1 amide bonds. The zero-order chi connectivity index (χ0) is 21.8. The van der Waals surface area contributed by atoms with Crippen LogP contribution in [0.1, 0.15) is 25.1 Å². The topological polar surface area (TPSA) is 74.8 Å². The zero-order valence-corrected chi connectivity index (χ0v) is 18.6. The first-order chi connectivity index (χ1) is 15.1. The summed E-state index contributed by atoms with van der Waals surface area (Å²) in [5, 5.41) is 10.0. The summed E-state index contributed by atoms with van der Waals surface area (Å²) in [6.45, 7) is 3.60. The number of nitrogens with zero attached hydrogens (tertiary/aromatic N) is 4. The SMILES string of the molecule is CCc1ccccc1N(C(C)=O)c1nc(CSc2n[nH]c(-c3ccccc3F)n2)cs1. The third-order valence-electron chi connectivity index (χ3n) is 4.60. The van der Waals surface area contributed by atoms with Gasteiger partial charge in [0.05, 0.1) is 16.9 Å². The number of halogens is 1. The largest absolute Gasteiger partial charge is 0.274 e. The first-order valence-corrected chi connectivity index (χ1v) is 11.6. The van der Waals surface area contributed by atoms with Crippen LogP contribution in [0, 0.1) is 5.82 Å². The lowest BCUT2D eigenvalue weighted by atomic mass is 10.1. The molecule has 0 radical (unpaired) electrons. The number of aryl methyl sites for hydroxylation is 1. The van der Waals surface area contributed by atoms with Crippen LogP contribution in [-0.2, 0) is 17.0 Å². The van der Waals surface area contributed by atoms with Crippen LogP contribution in [0.25, 0.3) is 11.4 Å². The molecular weight excluding hydrogens is 433 g/mol. The second kappa shape index (κ2) is 9.40. The molecule has 0 atom stereocenters. The Morgan fingerprint density at radius 1 is 1.16 bits per heavy atom. The van der Waals surface area contributed by atoms with Crippen LogP contribution < -0.4 is 4.90 Å². The number of hydrogen-bond donors (Lipinski definition) is 1. The third kappa shape index (κ3) is 4.67. The Labute approximate surface area is 187 Å². The predicted molar refractivity (Wildman–Crippen MR) is 122 cm³/mol. The van der Waals surface area contributed by atoms with Gasteiger partial charge in [-0.3, -0.25) is 14.8 Å². The summed E-state index contributed by atoms with van der Waals surface area (Å²) < 4.78 is 13.9. The molecule has 31 heavy (non-hydrogen) atoms. The summed E-state index contributed by atoms with van der Waals surface area (Å²) in [5.74, 6) is 0.485. The molecular formula is C22H20FN5OS2. The van der Waals surface area contributed by atoms with Gasteiger partial charge in [0.15, 0.2) is 11.0 Å². The summed E-state index contributed by atoms with van der Waals surface area (Å²) >= 11 is 2.82. The molecule has 0 saturated heterocycles. The zero-order valence-electron chi connectivity index (χ0n) is 17.0. The van der Waals surface area contributed by atoms with E-state index in [-0.39, 0.29) is 11.7 Å². The highest BCUT2D eigenvalue weighted by Crippen LogP contribution is 2.33. The fourth-order valence-corrected chi connectivity index (χ4v) is 4.80. The van der Waals surface area contributed by atoms with Crippen LogP contribution in [0.4, 0.5) is 15.2 Å². The maximum atomic E-state index is 13.9. The van der Waals surface area contributed by atoms with Gasteiger partial charge in [-0.15, -0.1) is 16.4 Å². The van der Waals surface area contributed by atoms with Crippen LogP contribution in [0.5, 0.6) is 0 Å². The van der Waals surface area contributed by atoms with Crippen LogP contribution in [0.15, 0.2) is 59.1 Å². The van der Waals surface area contributed by atoms with Crippen molar-refractivity contribution >= 4 is 39.8 Å². The molecule has 0 unspecified atom stereocenters. The molecule has 0 fully saturated rings. The second-order valence-corrected chi connectivity index (χ2v) is 8.47. The third-order valence-corrected chi connectivity index (χ3v) is 6.36. The number of amides is 1. The summed E-state index contributed by atoms with van der Waals surface area (Å²) in [6.07, 6.45) is 0.823. The van der Waals surface area contributed by atoms with E-state index in [0.717, 1.165) is 23.4 Å². The molecule has 0 bridgehead atoms. The molecule has 0 spiro atoms. The van der Waals surface area contributed by atoms with Gasteiger partial charge in [-0.25, -0.2) is 14.4 Å². The minimum atomic E-state index is -0.351. The van der Waals surface area contributed by atoms with E-state index in [9.17, 15) is 9.18 Å². The highest BCUT2D eigenvalue weighted by Gasteiger charge is 2.20. The van der Waals surface area contributed by atoms with Crippen LogP contribution in [0.3, 0.4) is 0 Å². The highest BCUT2D eigenvalue weighted by atomic mass is 32.2. The number of H-pyrrole nitrogens is 1. The van der Waals surface area contributed by atoms with E-state index in [1.807, 2.05) is 29.6 Å². The van der Waals surface area contributed by atoms with Crippen LogP contribution in [0.2, 0.25) is 0 Å². The van der Waals surface area contributed by atoms with E-state index in [4.69, 9.17) is 0 Å². The van der Waals surface area contributed by atoms with Gasteiger partial charge < -0.3 is 0 Å². The Hall–Kier alpha value is -3.04. The number of carbonyl (C=O) groups is 1. The number of thiazole rings is 1. The quantitative estimate of drug-likeness (QED) is 0.368. The molecule has 6 nitrogen and oxygen atoms in total. The molecule has 2 heterocycles. The molecule has 0 saturated carbocycles. The number of nitrogens with one attached hydrogen (secondary N) is 1. The van der Waals surface area contributed by atoms with Crippen molar-refractivity contribution in [2.75, 3.05) is 4.90 Å². The number of anilines is 2. The molecule has 158 valence electrons. The number of para-hydroxylation sites is 1. The molecule has 4 aromatic rings. The normalized spacial score (nSPS) is 10.9. The van der Waals surface area contributed by atoms with Crippen molar-refractivity contribution in [3.63, 3.8) is 0 Å². The summed E-state index contributed by atoms with van der Waals surface area (Å²) in [5.41, 5.74) is 3.15. The molecule has 2 aromatic carbocycles.